The molecule has 0 saturated carbocycles. The van der Waals surface area contributed by atoms with Crippen LogP contribution in [0.2, 0.25) is 0 Å². The fourth-order valence-electron chi connectivity index (χ4n) is 1.97. The summed E-state index contributed by atoms with van der Waals surface area (Å²) in [6.45, 7) is 4.79. The van der Waals surface area contributed by atoms with Crippen molar-refractivity contribution in [2.24, 2.45) is 0 Å². The number of rotatable bonds is 5. The number of hydrogen-bond acceptors (Lipinski definition) is 3. The smallest absolute Gasteiger partial charge is 0.130 e. The number of halogens is 1. The van der Waals surface area contributed by atoms with Gasteiger partial charge in [0, 0.05) is 23.4 Å². The van der Waals surface area contributed by atoms with Crippen LogP contribution in [0.25, 0.3) is 0 Å². The minimum atomic E-state index is 0.416. The number of ether oxygens (including phenoxy) is 1. The molecule has 0 unspecified atom stereocenters. The van der Waals surface area contributed by atoms with E-state index in [1.54, 1.807) is 6.20 Å². The summed E-state index contributed by atoms with van der Waals surface area (Å²) in [5.41, 5.74) is 3.15. The van der Waals surface area contributed by atoms with E-state index < -0.39 is 0 Å². The van der Waals surface area contributed by atoms with Gasteiger partial charge in [-0.15, -0.1) is 0 Å². The molecule has 1 aromatic carbocycles. The van der Waals surface area contributed by atoms with E-state index in [9.17, 15) is 0 Å². The predicted octanol–water partition coefficient (Wildman–Crippen LogP) is 4.59. The maximum Gasteiger partial charge on any atom is 0.130 e. The van der Waals surface area contributed by atoms with Crippen LogP contribution in [-0.2, 0) is 6.61 Å². The van der Waals surface area contributed by atoms with E-state index in [0.717, 1.165) is 21.6 Å². The van der Waals surface area contributed by atoms with Gasteiger partial charge in [0.1, 0.15) is 12.4 Å². The number of benzene rings is 1. The van der Waals surface area contributed by atoms with Crippen LogP contribution >= 0.6 is 15.9 Å². The van der Waals surface area contributed by atoms with Gasteiger partial charge >= 0.3 is 0 Å². The van der Waals surface area contributed by atoms with Crippen molar-refractivity contribution in [1.82, 2.24) is 4.98 Å². The van der Waals surface area contributed by atoms with Gasteiger partial charge in [-0.25, -0.2) is 0 Å². The molecule has 0 aliphatic heterocycles. The predicted molar refractivity (Wildman–Crippen MR) is 86.3 cm³/mol. The molecule has 106 valence electrons. The summed E-state index contributed by atoms with van der Waals surface area (Å²) in [6.07, 6.45) is 1.79. The Kier molecular flexibility index (Phi) is 5.01. The lowest BCUT2D eigenvalue weighted by Crippen LogP contribution is -2.02. The first-order chi connectivity index (χ1) is 9.60. The quantitative estimate of drug-likeness (QED) is 0.868. The molecule has 2 aromatic rings. The minimum Gasteiger partial charge on any atom is -0.487 e. The molecule has 0 aliphatic carbocycles. The number of pyridine rings is 1. The summed E-state index contributed by atoms with van der Waals surface area (Å²) in [4.78, 5) is 4.32. The van der Waals surface area contributed by atoms with Gasteiger partial charge in [-0.05, 0) is 41.8 Å². The van der Waals surface area contributed by atoms with Crippen molar-refractivity contribution in [2.75, 3.05) is 12.4 Å². The third-order valence-electron chi connectivity index (χ3n) is 3.07. The molecule has 2 rings (SSSR count). The average molecular weight is 335 g/mol. The van der Waals surface area contributed by atoms with E-state index in [0.29, 0.717) is 12.5 Å². The molecule has 4 heteroatoms. The molecule has 1 aromatic heterocycles. The van der Waals surface area contributed by atoms with Gasteiger partial charge in [-0.3, -0.25) is 4.98 Å². The van der Waals surface area contributed by atoms with Gasteiger partial charge in [0.05, 0.1) is 5.69 Å². The highest BCUT2D eigenvalue weighted by Crippen LogP contribution is 2.30. The first-order valence-electron chi connectivity index (χ1n) is 6.65. The van der Waals surface area contributed by atoms with E-state index in [1.807, 2.05) is 31.3 Å². The molecule has 0 fully saturated rings. The summed E-state index contributed by atoms with van der Waals surface area (Å²) in [6, 6.07) is 10.0. The monoisotopic (exact) mass is 334 g/mol. The van der Waals surface area contributed by atoms with Crippen LogP contribution in [-0.4, -0.2) is 12.0 Å². The van der Waals surface area contributed by atoms with Gasteiger partial charge in [-0.1, -0.05) is 29.8 Å². The second kappa shape index (κ2) is 6.75. The van der Waals surface area contributed by atoms with Crippen LogP contribution in [0, 0.1) is 0 Å². The van der Waals surface area contributed by atoms with Crippen molar-refractivity contribution in [1.29, 1.82) is 0 Å². The van der Waals surface area contributed by atoms with Gasteiger partial charge in [-0.2, -0.15) is 0 Å². The minimum absolute atomic E-state index is 0.416. The molecule has 3 nitrogen and oxygen atoms in total. The van der Waals surface area contributed by atoms with Crippen molar-refractivity contribution in [2.45, 2.75) is 26.4 Å². The average Bonchev–Trinajstić information content (AvgIpc) is 2.46. The normalized spacial score (nSPS) is 10.7. The number of nitrogens with one attached hydrogen (secondary N) is 1. The Morgan fingerprint density at radius 1 is 1.25 bits per heavy atom. The van der Waals surface area contributed by atoms with Crippen molar-refractivity contribution in [3.63, 3.8) is 0 Å². The van der Waals surface area contributed by atoms with Crippen LogP contribution in [0.4, 0.5) is 5.69 Å². The van der Waals surface area contributed by atoms with Crippen LogP contribution in [0.5, 0.6) is 5.75 Å². The lowest BCUT2D eigenvalue weighted by atomic mass is 10.0. The fourth-order valence-corrected chi connectivity index (χ4v) is 2.35. The molecule has 0 bridgehead atoms. The summed E-state index contributed by atoms with van der Waals surface area (Å²) in [7, 11) is 1.89. The third kappa shape index (κ3) is 3.73. The maximum absolute atomic E-state index is 5.93. The van der Waals surface area contributed by atoms with Gasteiger partial charge in [0.15, 0.2) is 0 Å². The van der Waals surface area contributed by atoms with E-state index in [1.165, 1.54) is 5.56 Å². The van der Waals surface area contributed by atoms with Crippen LogP contribution < -0.4 is 10.1 Å². The summed E-state index contributed by atoms with van der Waals surface area (Å²) < 4.78 is 7.00. The van der Waals surface area contributed by atoms with Crippen molar-refractivity contribution < 1.29 is 4.74 Å². The number of nitrogens with zero attached hydrogens (tertiary/aromatic N) is 1. The number of hydrogen-bond donors (Lipinski definition) is 1. The molecule has 0 aliphatic rings. The Bertz CT molecular complexity index is 584. The van der Waals surface area contributed by atoms with Crippen molar-refractivity contribution in [3.05, 3.63) is 52.3 Å². The SMILES string of the molecule is CNc1ccnc(COc2ccc(Br)cc2C(C)C)c1. The highest BCUT2D eigenvalue weighted by Gasteiger charge is 2.09. The van der Waals surface area contributed by atoms with Crippen LogP contribution in [0.3, 0.4) is 0 Å². The second-order valence-corrected chi connectivity index (χ2v) is 5.83. The Morgan fingerprint density at radius 3 is 2.75 bits per heavy atom. The molecule has 20 heavy (non-hydrogen) atoms. The van der Waals surface area contributed by atoms with Crippen molar-refractivity contribution >= 4 is 21.6 Å². The molecule has 0 saturated heterocycles. The first-order valence-corrected chi connectivity index (χ1v) is 7.44. The number of anilines is 1. The zero-order valence-corrected chi connectivity index (χ0v) is 13.6. The van der Waals surface area contributed by atoms with Gasteiger partial charge in [0.2, 0.25) is 0 Å². The fraction of sp³-hybridized carbons (Fsp3) is 0.312. The molecular formula is C16H19BrN2O. The highest BCUT2D eigenvalue weighted by atomic mass is 79.9. The summed E-state index contributed by atoms with van der Waals surface area (Å²) in [5, 5.41) is 3.10. The molecular weight excluding hydrogens is 316 g/mol. The topological polar surface area (TPSA) is 34.2 Å². The molecule has 0 spiro atoms. The molecule has 1 N–H and O–H groups in total. The largest absolute Gasteiger partial charge is 0.487 e. The summed E-state index contributed by atoms with van der Waals surface area (Å²) in [5.74, 6) is 1.33. The van der Waals surface area contributed by atoms with E-state index >= 15 is 0 Å². The Balaban J connectivity index is 2.14. The zero-order valence-electron chi connectivity index (χ0n) is 12.0. The third-order valence-corrected chi connectivity index (χ3v) is 3.57. The Labute approximate surface area is 128 Å². The zero-order chi connectivity index (χ0) is 14.5. The lowest BCUT2D eigenvalue weighted by Gasteiger charge is -2.14. The molecule has 0 radical (unpaired) electrons. The second-order valence-electron chi connectivity index (χ2n) is 4.91. The first kappa shape index (κ1) is 14.9. The lowest BCUT2D eigenvalue weighted by molar-refractivity contribution is 0.297. The molecule has 1 heterocycles. The Hall–Kier alpha value is -1.55. The van der Waals surface area contributed by atoms with E-state index in [4.69, 9.17) is 4.74 Å². The number of aromatic nitrogens is 1. The van der Waals surface area contributed by atoms with E-state index in [2.05, 4.69) is 46.1 Å². The van der Waals surface area contributed by atoms with Crippen LogP contribution in [0.15, 0.2) is 41.0 Å². The molecule has 0 atom stereocenters. The Morgan fingerprint density at radius 2 is 2.05 bits per heavy atom. The standard InChI is InChI=1S/C16H19BrN2O/c1-11(2)15-8-12(17)4-5-16(15)20-10-14-9-13(18-3)6-7-19-14/h4-9,11H,10H2,1-3H3,(H,18,19). The maximum atomic E-state index is 5.93. The van der Waals surface area contributed by atoms with Crippen LogP contribution in [0.1, 0.15) is 31.0 Å². The van der Waals surface area contributed by atoms with Gasteiger partial charge < -0.3 is 10.1 Å². The summed E-state index contributed by atoms with van der Waals surface area (Å²) >= 11 is 3.50. The van der Waals surface area contributed by atoms with Crippen molar-refractivity contribution in [3.8, 4) is 5.75 Å². The van der Waals surface area contributed by atoms with Gasteiger partial charge in [0.25, 0.3) is 0 Å². The van der Waals surface area contributed by atoms with E-state index in [-0.39, 0.29) is 0 Å². The molecule has 0 amide bonds. The highest BCUT2D eigenvalue weighted by molar-refractivity contribution is 9.10.